The molecule has 1 aromatic rings. The van der Waals surface area contributed by atoms with Gasteiger partial charge in [-0.05, 0) is 31.5 Å². The van der Waals surface area contributed by atoms with E-state index in [-0.39, 0.29) is 12.6 Å². The summed E-state index contributed by atoms with van der Waals surface area (Å²) in [6.07, 6.45) is 0.855. The summed E-state index contributed by atoms with van der Waals surface area (Å²) >= 11 is 0. The molecule has 1 unspecified atom stereocenters. The highest BCUT2D eigenvalue weighted by Gasteiger charge is 2.18. The van der Waals surface area contributed by atoms with Crippen LogP contribution in [-0.2, 0) is 21.3 Å². The Kier molecular flexibility index (Phi) is 7.15. The van der Waals surface area contributed by atoms with Gasteiger partial charge < -0.3 is 10.1 Å². The monoisotopic (exact) mass is 300 g/mol. The maximum atomic E-state index is 12.3. The first-order valence-corrected chi connectivity index (χ1v) is 8.30. The van der Waals surface area contributed by atoms with Crippen molar-refractivity contribution in [3.63, 3.8) is 0 Å². The number of ether oxygens (including phenoxy) is 1. The van der Waals surface area contributed by atoms with Crippen LogP contribution in [-0.4, -0.2) is 34.7 Å². The average molecular weight is 300 g/mol. The van der Waals surface area contributed by atoms with Gasteiger partial charge in [-0.3, -0.25) is 0 Å². The molecule has 1 aromatic carbocycles. The van der Waals surface area contributed by atoms with Crippen LogP contribution < -0.4 is 10.0 Å². The van der Waals surface area contributed by atoms with Gasteiger partial charge in [0.2, 0.25) is 10.0 Å². The number of rotatable bonds is 9. The van der Waals surface area contributed by atoms with Gasteiger partial charge in [-0.25, -0.2) is 13.1 Å². The van der Waals surface area contributed by atoms with Gasteiger partial charge in [0.15, 0.2) is 0 Å². The molecule has 0 heterocycles. The number of benzene rings is 1. The van der Waals surface area contributed by atoms with Gasteiger partial charge in [0, 0.05) is 20.2 Å². The molecule has 0 saturated carbocycles. The van der Waals surface area contributed by atoms with Crippen molar-refractivity contribution in [1.82, 2.24) is 10.0 Å². The lowest BCUT2D eigenvalue weighted by Crippen LogP contribution is -2.32. The van der Waals surface area contributed by atoms with Crippen molar-refractivity contribution in [2.24, 2.45) is 0 Å². The molecule has 6 heteroatoms. The molecule has 114 valence electrons. The Hall–Kier alpha value is -0.950. The largest absolute Gasteiger partial charge is 0.380 e. The average Bonchev–Trinajstić information content (AvgIpc) is 2.45. The third kappa shape index (κ3) is 5.20. The number of sulfonamides is 1. The lowest BCUT2D eigenvalue weighted by molar-refractivity contribution is 0.122. The predicted molar refractivity (Wildman–Crippen MR) is 80.1 cm³/mol. The Morgan fingerprint density at radius 2 is 2.00 bits per heavy atom. The molecule has 0 radical (unpaired) electrons. The smallest absolute Gasteiger partial charge is 0.240 e. The fourth-order valence-electron chi connectivity index (χ4n) is 1.70. The van der Waals surface area contributed by atoms with E-state index < -0.39 is 10.0 Å². The van der Waals surface area contributed by atoms with Crippen LogP contribution in [0.15, 0.2) is 29.2 Å². The molecule has 5 nitrogen and oxygen atoms in total. The molecule has 0 fully saturated rings. The second-order valence-electron chi connectivity index (χ2n) is 4.68. The fraction of sp³-hybridized carbons (Fsp3) is 0.571. The Balaban J connectivity index is 2.82. The summed E-state index contributed by atoms with van der Waals surface area (Å²) in [6.45, 7) is 5.56. The standard InChI is InChI=1S/C14H24N2O3S/c1-4-9-15-11-13-7-5-6-8-14(13)20(17,18)16-10-12(2)19-3/h5-8,12,15-16H,4,9-11H2,1-3H3. The molecule has 0 saturated heterocycles. The Morgan fingerprint density at radius 3 is 2.65 bits per heavy atom. The highest BCUT2D eigenvalue weighted by molar-refractivity contribution is 7.89. The number of methoxy groups -OCH3 is 1. The molecule has 2 N–H and O–H groups in total. The van der Waals surface area contributed by atoms with Gasteiger partial charge in [-0.1, -0.05) is 25.1 Å². The Bertz CT molecular complexity index is 503. The zero-order valence-electron chi connectivity index (χ0n) is 12.3. The van der Waals surface area contributed by atoms with Crippen LogP contribution in [0, 0.1) is 0 Å². The van der Waals surface area contributed by atoms with Gasteiger partial charge >= 0.3 is 0 Å². The highest BCUT2D eigenvalue weighted by atomic mass is 32.2. The van der Waals surface area contributed by atoms with Crippen LogP contribution in [0.25, 0.3) is 0 Å². The lowest BCUT2D eigenvalue weighted by Gasteiger charge is -2.14. The Morgan fingerprint density at radius 1 is 1.30 bits per heavy atom. The molecule has 0 aliphatic carbocycles. The minimum absolute atomic E-state index is 0.157. The van der Waals surface area contributed by atoms with E-state index in [0.717, 1.165) is 18.5 Å². The number of hydrogen-bond donors (Lipinski definition) is 2. The molecule has 20 heavy (non-hydrogen) atoms. The van der Waals surface area contributed by atoms with E-state index in [2.05, 4.69) is 17.0 Å². The van der Waals surface area contributed by atoms with Crippen molar-refractivity contribution in [2.75, 3.05) is 20.2 Å². The van der Waals surface area contributed by atoms with Gasteiger partial charge in [-0.15, -0.1) is 0 Å². The maximum Gasteiger partial charge on any atom is 0.240 e. The van der Waals surface area contributed by atoms with E-state index in [1.54, 1.807) is 19.2 Å². The number of hydrogen-bond acceptors (Lipinski definition) is 4. The minimum atomic E-state index is -3.50. The van der Waals surface area contributed by atoms with Crippen LogP contribution >= 0.6 is 0 Å². The molecule has 1 atom stereocenters. The van der Waals surface area contributed by atoms with Crippen LogP contribution in [0.1, 0.15) is 25.8 Å². The number of nitrogens with one attached hydrogen (secondary N) is 2. The molecular weight excluding hydrogens is 276 g/mol. The molecule has 0 bridgehead atoms. The van der Waals surface area contributed by atoms with Gasteiger partial charge in [0.1, 0.15) is 0 Å². The van der Waals surface area contributed by atoms with Crippen molar-refractivity contribution in [2.45, 2.75) is 37.8 Å². The topological polar surface area (TPSA) is 67.4 Å². The van der Waals surface area contributed by atoms with E-state index in [1.165, 1.54) is 0 Å². The fourth-order valence-corrected chi connectivity index (χ4v) is 3.05. The van der Waals surface area contributed by atoms with Crippen LogP contribution in [0.2, 0.25) is 0 Å². The highest BCUT2D eigenvalue weighted by Crippen LogP contribution is 2.15. The van der Waals surface area contributed by atoms with Crippen molar-refractivity contribution in [3.05, 3.63) is 29.8 Å². The normalized spacial score (nSPS) is 13.3. The first kappa shape index (κ1) is 17.1. The van der Waals surface area contributed by atoms with E-state index in [9.17, 15) is 8.42 Å². The van der Waals surface area contributed by atoms with Gasteiger partial charge in [0.25, 0.3) is 0 Å². The second-order valence-corrected chi connectivity index (χ2v) is 6.42. The van der Waals surface area contributed by atoms with E-state index in [4.69, 9.17) is 4.74 Å². The SMILES string of the molecule is CCCNCc1ccccc1S(=O)(=O)NCC(C)OC. The molecule has 0 amide bonds. The zero-order chi connectivity index (χ0) is 15.0. The first-order valence-electron chi connectivity index (χ1n) is 6.82. The summed E-state index contributed by atoms with van der Waals surface area (Å²) in [5.74, 6) is 0. The van der Waals surface area contributed by atoms with Crippen molar-refractivity contribution in [1.29, 1.82) is 0 Å². The molecule has 0 aliphatic rings. The molecule has 0 aliphatic heterocycles. The van der Waals surface area contributed by atoms with E-state index >= 15 is 0 Å². The van der Waals surface area contributed by atoms with Crippen molar-refractivity contribution < 1.29 is 13.2 Å². The van der Waals surface area contributed by atoms with Gasteiger partial charge in [0.05, 0.1) is 11.0 Å². The zero-order valence-corrected chi connectivity index (χ0v) is 13.2. The summed E-state index contributed by atoms with van der Waals surface area (Å²) in [5.41, 5.74) is 0.776. The van der Waals surface area contributed by atoms with E-state index in [0.29, 0.717) is 11.4 Å². The summed E-state index contributed by atoms with van der Waals surface area (Å²) in [4.78, 5) is 0.326. The van der Waals surface area contributed by atoms with Crippen LogP contribution in [0.5, 0.6) is 0 Å². The van der Waals surface area contributed by atoms with E-state index in [1.807, 2.05) is 19.1 Å². The van der Waals surface area contributed by atoms with Crippen molar-refractivity contribution in [3.8, 4) is 0 Å². The molecule has 1 rings (SSSR count). The summed E-state index contributed by atoms with van der Waals surface area (Å²) in [5, 5.41) is 3.22. The quantitative estimate of drug-likeness (QED) is 0.678. The van der Waals surface area contributed by atoms with Crippen LogP contribution in [0.4, 0.5) is 0 Å². The minimum Gasteiger partial charge on any atom is -0.380 e. The Labute approximate surface area is 121 Å². The van der Waals surface area contributed by atoms with Gasteiger partial charge in [-0.2, -0.15) is 0 Å². The lowest BCUT2D eigenvalue weighted by atomic mass is 10.2. The predicted octanol–water partition coefficient (Wildman–Crippen LogP) is 1.50. The van der Waals surface area contributed by atoms with Crippen molar-refractivity contribution >= 4 is 10.0 Å². The van der Waals surface area contributed by atoms with Crippen LogP contribution in [0.3, 0.4) is 0 Å². The molecular formula is C14H24N2O3S. The molecule has 0 spiro atoms. The summed E-state index contributed by atoms with van der Waals surface area (Å²) in [7, 11) is -1.95. The maximum absolute atomic E-state index is 12.3. The third-order valence-corrected chi connectivity index (χ3v) is 4.49. The summed E-state index contributed by atoms with van der Waals surface area (Å²) in [6, 6.07) is 7.04. The summed E-state index contributed by atoms with van der Waals surface area (Å²) < 4.78 is 32.3. The first-order chi connectivity index (χ1) is 9.51. The second kappa shape index (κ2) is 8.36. The third-order valence-electron chi connectivity index (χ3n) is 2.97. The molecule has 0 aromatic heterocycles.